The Morgan fingerprint density at radius 1 is 1.15 bits per heavy atom. The highest BCUT2D eigenvalue weighted by atomic mass is 16.5. The molecule has 1 saturated carbocycles. The van der Waals surface area contributed by atoms with Crippen molar-refractivity contribution in [2.75, 3.05) is 27.3 Å². The van der Waals surface area contributed by atoms with Gasteiger partial charge in [-0.3, -0.25) is 9.69 Å². The van der Waals surface area contributed by atoms with Crippen LogP contribution in [0.3, 0.4) is 0 Å². The number of esters is 1. The van der Waals surface area contributed by atoms with Crippen molar-refractivity contribution in [2.24, 2.45) is 11.8 Å². The molecule has 1 aliphatic carbocycles. The summed E-state index contributed by atoms with van der Waals surface area (Å²) in [6.45, 7) is 3.73. The summed E-state index contributed by atoms with van der Waals surface area (Å²) in [7, 11) is 2.76. The van der Waals surface area contributed by atoms with Crippen molar-refractivity contribution >= 4 is 12.1 Å². The first-order chi connectivity index (χ1) is 9.55. The summed E-state index contributed by atoms with van der Waals surface area (Å²) in [6, 6.07) is 0.456. The molecule has 114 valence electrons. The molecule has 0 radical (unpaired) electrons. The van der Waals surface area contributed by atoms with E-state index >= 15 is 0 Å². The number of nitrogens with zero attached hydrogens (tertiary/aromatic N) is 1. The number of hydrogen-bond donors (Lipinski definition) is 1. The van der Waals surface area contributed by atoms with Crippen molar-refractivity contribution in [3.63, 3.8) is 0 Å². The van der Waals surface area contributed by atoms with Gasteiger partial charge in [-0.25, -0.2) is 4.79 Å². The van der Waals surface area contributed by atoms with Gasteiger partial charge in [-0.1, -0.05) is 6.92 Å². The molecule has 6 nitrogen and oxygen atoms in total. The number of rotatable bonds is 3. The number of carbonyl (C=O) groups is 2. The van der Waals surface area contributed by atoms with E-state index in [9.17, 15) is 9.59 Å². The van der Waals surface area contributed by atoms with Crippen LogP contribution in [0.5, 0.6) is 0 Å². The quantitative estimate of drug-likeness (QED) is 0.783. The molecule has 6 heteroatoms. The van der Waals surface area contributed by atoms with Crippen LogP contribution >= 0.6 is 0 Å². The van der Waals surface area contributed by atoms with Gasteiger partial charge in [0, 0.05) is 25.2 Å². The molecule has 0 spiro atoms. The summed E-state index contributed by atoms with van der Waals surface area (Å²) in [4.78, 5) is 25.5. The zero-order valence-electron chi connectivity index (χ0n) is 12.4. The van der Waals surface area contributed by atoms with Crippen molar-refractivity contribution in [3.05, 3.63) is 0 Å². The molecule has 0 aromatic carbocycles. The minimum absolute atomic E-state index is 0.0619. The molecule has 2 rings (SSSR count). The number of likely N-dealkylation sites (tertiary alicyclic amines) is 1. The average molecular weight is 284 g/mol. The monoisotopic (exact) mass is 284 g/mol. The Labute approximate surface area is 119 Å². The molecule has 1 heterocycles. The number of methoxy groups -OCH3 is 2. The second kappa shape index (κ2) is 6.43. The largest absolute Gasteiger partial charge is 0.469 e. The molecule has 4 atom stereocenters. The van der Waals surface area contributed by atoms with E-state index in [0.29, 0.717) is 18.4 Å². The Balaban J connectivity index is 2.01. The molecule has 1 amide bonds. The van der Waals surface area contributed by atoms with Crippen LogP contribution in [0.4, 0.5) is 4.79 Å². The summed E-state index contributed by atoms with van der Waals surface area (Å²) in [6.07, 6.45) is 2.57. The third kappa shape index (κ3) is 3.23. The fourth-order valence-electron chi connectivity index (χ4n) is 3.26. The maximum absolute atomic E-state index is 11.8. The molecule has 4 unspecified atom stereocenters. The molecule has 0 aromatic heterocycles. The lowest BCUT2D eigenvalue weighted by Gasteiger charge is -2.47. The second-order valence-corrected chi connectivity index (χ2v) is 5.86. The summed E-state index contributed by atoms with van der Waals surface area (Å²) in [5.41, 5.74) is 0. The highest BCUT2D eigenvalue weighted by Gasteiger charge is 2.40. The van der Waals surface area contributed by atoms with Gasteiger partial charge in [0.25, 0.3) is 0 Å². The number of hydrogen-bond acceptors (Lipinski definition) is 5. The zero-order valence-corrected chi connectivity index (χ0v) is 12.4. The molecule has 2 fully saturated rings. The van der Waals surface area contributed by atoms with E-state index in [0.717, 1.165) is 13.1 Å². The molecule has 1 saturated heterocycles. The topological polar surface area (TPSA) is 67.9 Å². The first kappa shape index (κ1) is 15.1. The Morgan fingerprint density at radius 3 is 2.40 bits per heavy atom. The third-order valence-electron chi connectivity index (χ3n) is 4.56. The summed E-state index contributed by atoms with van der Waals surface area (Å²) in [5.74, 6) is 0.284. The van der Waals surface area contributed by atoms with Crippen LogP contribution in [0.1, 0.15) is 26.2 Å². The Hall–Kier alpha value is -1.30. The minimum atomic E-state index is -0.442. The normalized spacial score (nSPS) is 34.0. The van der Waals surface area contributed by atoms with Gasteiger partial charge in [0.2, 0.25) is 0 Å². The van der Waals surface area contributed by atoms with E-state index in [4.69, 9.17) is 4.74 Å². The van der Waals surface area contributed by atoms with Crippen LogP contribution in [-0.4, -0.2) is 56.4 Å². The van der Waals surface area contributed by atoms with Crippen LogP contribution in [-0.2, 0) is 14.3 Å². The summed E-state index contributed by atoms with van der Waals surface area (Å²) in [5, 5.41) is 2.81. The first-order valence-electron chi connectivity index (χ1n) is 7.21. The lowest BCUT2D eigenvalue weighted by molar-refractivity contribution is -0.148. The Bertz CT molecular complexity index is 374. The fourth-order valence-corrected chi connectivity index (χ4v) is 3.26. The van der Waals surface area contributed by atoms with E-state index in [1.54, 1.807) is 0 Å². The zero-order chi connectivity index (χ0) is 14.7. The maximum atomic E-state index is 11.8. The third-order valence-corrected chi connectivity index (χ3v) is 4.56. The molecule has 1 N–H and O–H groups in total. The molecular formula is C14H24N2O4. The lowest BCUT2D eigenvalue weighted by Crippen LogP contribution is -2.58. The lowest BCUT2D eigenvalue weighted by atomic mass is 9.78. The van der Waals surface area contributed by atoms with Crippen molar-refractivity contribution in [2.45, 2.75) is 38.3 Å². The molecule has 0 bridgehead atoms. The van der Waals surface area contributed by atoms with Crippen molar-refractivity contribution in [1.82, 2.24) is 10.2 Å². The van der Waals surface area contributed by atoms with Gasteiger partial charge >= 0.3 is 12.1 Å². The van der Waals surface area contributed by atoms with Gasteiger partial charge in [-0.15, -0.1) is 0 Å². The van der Waals surface area contributed by atoms with E-state index in [1.165, 1.54) is 27.1 Å². The summed E-state index contributed by atoms with van der Waals surface area (Å²) >= 11 is 0. The van der Waals surface area contributed by atoms with E-state index in [-0.39, 0.29) is 17.9 Å². The number of alkyl carbamates (subject to hydrolysis) is 1. The number of nitrogens with one attached hydrogen (secondary N) is 1. The Kier molecular flexibility index (Phi) is 4.86. The van der Waals surface area contributed by atoms with Gasteiger partial charge in [-0.2, -0.15) is 0 Å². The average Bonchev–Trinajstić information content (AvgIpc) is 2.44. The smallest absolute Gasteiger partial charge is 0.407 e. The number of piperidine rings is 1. The molecule has 2 aliphatic rings. The SMILES string of the molecule is COC(=O)NC1CC(C(=O)OC)CN(C2CCC2C)C1. The van der Waals surface area contributed by atoms with Gasteiger partial charge in [0.1, 0.15) is 0 Å². The predicted octanol–water partition coefficient (Wildman–Crippen LogP) is 1.00. The highest BCUT2D eigenvalue weighted by Crippen LogP contribution is 2.34. The van der Waals surface area contributed by atoms with Crippen molar-refractivity contribution in [1.29, 1.82) is 0 Å². The fraction of sp³-hybridized carbons (Fsp3) is 0.857. The number of ether oxygens (including phenoxy) is 2. The van der Waals surface area contributed by atoms with Crippen LogP contribution in [0.25, 0.3) is 0 Å². The van der Waals surface area contributed by atoms with Gasteiger partial charge in [0.05, 0.1) is 20.1 Å². The first-order valence-corrected chi connectivity index (χ1v) is 7.21. The van der Waals surface area contributed by atoms with Gasteiger partial charge in [0.15, 0.2) is 0 Å². The van der Waals surface area contributed by atoms with Gasteiger partial charge < -0.3 is 14.8 Å². The number of amides is 1. The van der Waals surface area contributed by atoms with E-state index < -0.39 is 6.09 Å². The standard InChI is InChI=1S/C14H24N2O4/c1-9-4-5-12(9)16-7-10(13(17)19-2)6-11(8-16)15-14(18)20-3/h9-12H,4-8H2,1-3H3,(H,15,18). The molecule has 1 aliphatic heterocycles. The maximum Gasteiger partial charge on any atom is 0.407 e. The highest BCUT2D eigenvalue weighted by molar-refractivity contribution is 5.73. The number of carbonyl (C=O) groups excluding carboxylic acids is 2. The molecule has 0 aromatic rings. The van der Waals surface area contributed by atoms with E-state index in [2.05, 4.69) is 21.9 Å². The van der Waals surface area contributed by atoms with Crippen LogP contribution in [0, 0.1) is 11.8 Å². The van der Waals surface area contributed by atoms with Crippen molar-refractivity contribution in [3.8, 4) is 0 Å². The predicted molar refractivity (Wildman–Crippen MR) is 73.2 cm³/mol. The van der Waals surface area contributed by atoms with Crippen LogP contribution in [0.2, 0.25) is 0 Å². The second-order valence-electron chi connectivity index (χ2n) is 5.86. The van der Waals surface area contributed by atoms with E-state index in [1.807, 2.05) is 0 Å². The molecule has 20 heavy (non-hydrogen) atoms. The van der Waals surface area contributed by atoms with Crippen LogP contribution in [0.15, 0.2) is 0 Å². The van der Waals surface area contributed by atoms with Gasteiger partial charge in [-0.05, 0) is 25.2 Å². The van der Waals surface area contributed by atoms with Crippen molar-refractivity contribution < 1.29 is 19.1 Å². The summed E-state index contributed by atoms with van der Waals surface area (Å²) < 4.78 is 9.51. The minimum Gasteiger partial charge on any atom is -0.469 e. The molecular weight excluding hydrogens is 260 g/mol. The Morgan fingerprint density at radius 2 is 1.90 bits per heavy atom. The van der Waals surface area contributed by atoms with Crippen LogP contribution < -0.4 is 5.32 Å².